The molecule has 0 saturated carbocycles. The van der Waals surface area contributed by atoms with Gasteiger partial charge in [-0.15, -0.1) is 0 Å². The Hall–Kier alpha value is -4.15. The number of benzene rings is 2. The number of imidazole rings is 1. The third-order valence-corrected chi connectivity index (χ3v) is 7.15. The summed E-state index contributed by atoms with van der Waals surface area (Å²) < 4.78 is 2.25. The molecule has 1 heterocycles. The fourth-order valence-corrected chi connectivity index (χ4v) is 5.18. The molecule has 0 radical (unpaired) electrons. The van der Waals surface area contributed by atoms with Crippen LogP contribution in [-0.4, -0.2) is 33.6 Å². The number of hydrogen-bond acceptors (Lipinski definition) is 4. The lowest BCUT2D eigenvalue weighted by atomic mass is 9.84. The minimum atomic E-state index is -0.325. The van der Waals surface area contributed by atoms with E-state index in [1.54, 1.807) is 24.3 Å². The van der Waals surface area contributed by atoms with Gasteiger partial charge < -0.3 is 20.5 Å². The van der Waals surface area contributed by atoms with Gasteiger partial charge in [-0.05, 0) is 61.4 Å². The second kappa shape index (κ2) is 13.3. The second-order valence-corrected chi connectivity index (χ2v) is 11.4. The summed E-state index contributed by atoms with van der Waals surface area (Å²) in [6, 6.07) is 18.7. The number of carbonyl (C=O) groups is 1. The van der Waals surface area contributed by atoms with E-state index < -0.39 is 0 Å². The predicted octanol–water partition coefficient (Wildman–Crippen LogP) is 6.91. The fraction of sp³-hybridized carbons (Fsp3) is 0.364. The van der Waals surface area contributed by atoms with Crippen molar-refractivity contribution in [1.82, 2.24) is 14.5 Å². The average Bonchev–Trinajstić information content (AvgIpc) is 3.16. The molecule has 2 atom stereocenters. The molecule has 7 heteroatoms. The van der Waals surface area contributed by atoms with E-state index in [0.717, 1.165) is 36.5 Å². The molecule has 0 aliphatic heterocycles. The first-order valence-electron chi connectivity index (χ1n) is 14.0. The maximum absolute atomic E-state index is 13.9. The number of rotatable bonds is 9. The van der Waals surface area contributed by atoms with E-state index in [4.69, 9.17) is 16.0 Å². The largest absolute Gasteiger partial charge is 0.332 e. The fourth-order valence-electron chi connectivity index (χ4n) is 5.18. The number of aromatic nitrogens is 2. The third-order valence-electron chi connectivity index (χ3n) is 7.15. The van der Waals surface area contributed by atoms with Crippen LogP contribution in [0.5, 0.6) is 0 Å². The predicted molar refractivity (Wildman–Crippen MR) is 161 cm³/mol. The molecule has 0 spiro atoms. The average molecular weight is 537 g/mol. The number of carbonyl (C=O) groups excluding carboxylic acids is 1. The van der Waals surface area contributed by atoms with Crippen molar-refractivity contribution in [3.05, 3.63) is 96.5 Å². The van der Waals surface area contributed by atoms with Crippen molar-refractivity contribution in [3.63, 3.8) is 0 Å². The summed E-state index contributed by atoms with van der Waals surface area (Å²) in [6.07, 6.45) is 13.6. The van der Waals surface area contributed by atoms with Gasteiger partial charge in [0.15, 0.2) is 0 Å². The lowest BCUT2D eigenvalue weighted by Gasteiger charge is -2.40. The molecule has 1 aliphatic carbocycles. The molecule has 1 aromatic heterocycles. The molecule has 0 bridgehead atoms. The summed E-state index contributed by atoms with van der Waals surface area (Å²) in [5.41, 5.74) is 8.73. The van der Waals surface area contributed by atoms with E-state index in [0.29, 0.717) is 36.7 Å². The van der Waals surface area contributed by atoms with Crippen molar-refractivity contribution in [2.75, 3.05) is 18.4 Å². The molecule has 4 rings (SSSR count). The van der Waals surface area contributed by atoms with Gasteiger partial charge in [-0.2, -0.15) is 5.26 Å². The van der Waals surface area contributed by atoms with Crippen LogP contribution in [0.2, 0.25) is 0 Å². The van der Waals surface area contributed by atoms with Crippen LogP contribution in [0.25, 0.3) is 11.3 Å². The lowest BCUT2D eigenvalue weighted by Crippen LogP contribution is -2.45. The van der Waals surface area contributed by atoms with Crippen LogP contribution < -0.4 is 11.1 Å². The number of allylic oxidation sites excluding steroid dienone is 4. The van der Waals surface area contributed by atoms with E-state index in [9.17, 15) is 4.79 Å². The highest BCUT2D eigenvalue weighted by Crippen LogP contribution is 2.39. The second-order valence-electron chi connectivity index (χ2n) is 11.4. The molecule has 3 aromatic rings. The van der Waals surface area contributed by atoms with E-state index >= 15 is 0 Å². The molecule has 2 unspecified atom stereocenters. The van der Waals surface area contributed by atoms with E-state index in [1.165, 1.54) is 0 Å². The number of urea groups is 1. The molecule has 1 aliphatic rings. The number of nitriles is 1. The molecular weight excluding hydrogens is 496 g/mol. The summed E-state index contributed by atoms with van der Waals surface area (Å²) in [5, 5.41) is 12.2. The van der Waals surface area contributed by atoms with Crippen molar-refractivity contribution in [2.45, 2.75) is 52.6 Å². The number of nitrogens with zero attached hydrogens (tertiary/aromatic N) is 4. The van der Waals surface area contributed by atoms with Crippen LogP contribution in [-0.2, 0) is 6.54 Å². The van der Waals surface area contributed by atoms with Crippen LogP contribution in [0.4, 0.5) is 10.5 Å². The third kappa shape index (κ3) is 7.28. The first-order chi connectivity index (χ1) is 19.3. The van der Waals surface area contributed by atoms with Gasteiger partial charge in [-0.1, -0.05) is 75.4 Å². The summed E-state index contributed by atoms with van der Waals surface area (Å²) in [5.74, 6) is 1.22. The Kier molecular flexibility index (Phi) is 9.57. The number of hydrogen-bond donors (Lipinski definition) is 2. The molecule has 0 saturated heterocycles. The van der Waals surface area contributed by atoms with Gasteiger partial charge in [0.25, 0.3) is 0 Å². The zero-order valence-corrected chi connectivity index (χ0v) is 23.8. The lowest BCUT2D eigenvalue weighted by molar-refractivity contribution is 0.115. The Morgan fingerprint density at radius 2 is 1.93 bits per heavy atom. The quantitative estimate of drug-likeness (QED) is 0.310. The first kappa shape index (κ1) is 28.8. The summed E-state index contributed by atoms with van der Waals surface area (Å²) in [7, 11) is 0. The van der Waals surface area contributed by atoms with Crippen molar-refractivity contribution >= 4 is 11.7 Å². The van der Waals surface area contributed by atoms with Crippen LogP contribution in [0, 0.1) is 22.7 Å². The minimum absolute atomic E-state index is 0.215. The first-order valence-corrected chi connectivity index (χ1v) is 14.0. The Morgan fingerprint density at radius 1 is 1.18 bits per heavy atom. The molecular formula is C33H40N6O. The highest BCUT2D eigenvalue weighted by atomic mass is 16.2. The molecule has 0 fully saturated rings. The smallest absolute Gasteiger partial charge is 0.322 e. The van der Waals surface area contributed by atoms with Crippen LogP contribution in [0.3, 0.4) is 0 Å². The van der Waals surface area contributed by atoms with E-state index in [1.807, 2.05) is 23.1 Å². The Labute approximate surface area is 238 Å². The SMILES string of the molecule is CC(C)(C)C(c1nc(-c2ccccc2)cn1CC1C=CC=CCC1)N(CCCN)C(=O)Nc1ccc(C#N)cc1. The van der Waals surface area contributed by atoms with Gasteiger partial charge in [0.2, 0.25) is 0 Å². The maximum Gasteiger partial charge on any atom is 0.322 e. The number of nitrogens with one attached hydrogen (secondary N) is 1. The van der Waals surface area contributed by atoms with Crippen LogP contribution >= 0.6 is 0 Å². The van der Waals surface area contributed by atoms with Gasteiger partial charge >= 0.3 is 6.03 Å². The topological polar surface area (TPSA) is 100.0 Å². The van der Waals surface area contributed by atoms with Crippen molar-refractivity contribution in [3.8, 4) is 17.3 Å². The highest BCUT2D eigenvalue weighted by Gasteiger charge is 2.38. The summed E-state index contributed by atoms with van der Waals surface area (Å²) in [4.78, 5) is 21.0. The Bertz CT molecular complexity index is 1360. The Balaban J connectivity index is 1.76. The highest BCUT2D eigenvalue weighted by molar-refractivity contribution is 5.89. The van der Waals surface area contributed by atoms with Gasteiger partial charge in [-0.25, -0.2) is 9.78 Å². The molecule has 2 aromatic carbocycles. The molecule has 3 N–H and O–H groups in total. The number of amides is 2. The molecule has 40 heavy (non-hydrogen) atoms. The monoisotopic (exact) mass is 536 g/mol. The Morgan fingerprint density at radius 3 is 2.60 bits per heavy atom. The standard InChI is InChI=1S/C33H40N6O/c1-33(2,3)30(39(21-11-20-34)32(40)36-28-18-16-25(22-35)17-19-28)31-37-29(27-14-9-6-10-15-27)24-38(31)23-26-12-7-4-5-8-13-26/h4-7,9-10,12,14-19,24,26,30H,8,11,13,20-21,23,34H2,1-3H3,(H,36,40). The molecule has 7 nitrogen and oxygen atoms in total. The van der Waals surface area contributed by atoms with Gasteiger partial charge in [0.1, 0.15) is 5.82 Å². The van der Waals surface area contributed by atoms with Gasteiger partial charge in [-0.3, -0.25) is 0 Å². The van der Waals surface area contributed by atoms with E-state index in [-0.39, 0.29) is 17.5 Å². The zero-order valence-electron chi connectivity index (χ0n) is 23.8. The maximum atomic E-state index is 13.9. The molecule has 208 valence electrons. The summed E-state index contributed by atoms with van der Waals surface area (Å²) >= 11 is 0. The minimum Gasteiger partial charge on any atom is -0.332 e. The zero-order chi connectivity index (χ0) is 28.5. The summed E-state index contributed by atoms with van der Waals surface area (Å²) in [6.45, 7) is 8.20. The normalized spacial score (nSPS) is 15.7. The van der Waals surface area contributed by atoms with Crippen LogP contribution in [0.15, 0.2) is 85.1 Å². The van der Waals surface area contributed by atoms with Gasteiger partial charge in [0, 0.05) is 30.5 Å². The number of anilines is 1. The van der Waals surface area contributed by atoms with Crippen LogP contribution in [0.1, 0.15) is 57.5 Å². The van der Waals surface area contributed by atoms with Crippen molar-refractivity contribution < 1.29 is 4.79 Å². The number of nitrogens with two attached hydrogens (primary N) is 1. The van der Waals surface area contributed by atoms with Gasteiger partial charge in [0.05, 0.1) is 23.4 Å². The van der Waals surface area contributed by atoms with E-state index in [2.05, 4.69) is 79.4 Å². The molecule has 2 amide bonds. The van der Waals surface area contributed by atoms with Crippen molar-refractivity contribution in [2.24, 2.45) is 17.1 Å². The van der Waals surface area contributed by atoms with Crippen molar-refractivity contribution in [1.29, 1.82) is 5.26 Å².